The molecule has 1 amide bonds. The molecule has 2 aliphatic rings. The zero-order chi connectivity index (χ0) is 20.8. The van der Waals surface area contributed by atoms with Crippen LogP contribution in [0.15, 0.2) is 42.1 Å². The van der Waals surface area contributed by atoms with Crippen molar-refractivity contribution in [1.82, 2.24) is 20.1 Å². The number of para-hydroxylation sites is 2. The molecule has 1 aliphatic carbocycles. The normalized spacial score (nSPS) is 18.7. The highest BCUT2D eigenvalue weighted by molar-refractivity contribution is 7.99. The van der Waals surface area contributed by atoms with Crippen LogP contribution in [0.25, 0.3) is 0 Å². The summed E-state index contributed by atoms with van der Waals surface area (Å²) < 4.78 is 13.9. The highest BCUT2D eigenvalue weighted by Gasteiger charge is 2.28. The Labute approximate surface area is 181 Å². The Hall–Kier alpha value is -2.48. The van der Waals surface area contributed by atoms with E-state index in [2.05, 4.69) is 22.1 Å². The van der Waals surface area contributed by atoms with E-state index in [9.17, 15) is 4.79 Å². The van der Waals surface area contributed by atoms with Crippen LogP contribution in [0.5, 0.6) is 11.5 Å². The molecule has 160 valence electrons. The number of nitrogens with one attached hydrogen (secondary N) is 1. The van der Waals surface area contributed by atoms with Gasteiger partial charge in [0, 0.05) is 24.8 Å². The molecule has 0 spiro atoms. The Kier molecular flexibility index (Phi) is 6.94. The van der Waals surface area contributed by atoms with Gasteiger partial charge in [-0.3, -0.25) is 9.36 Å². The fourth-order valence-corrected chi connectivity index (χ4v) is 4.77. The molecule has 1 saturated carbocycles. The molecule has 0 bridgehead atoms. The topological polar surface area (TPSA) is 78.3 Å². The van der Waals surface area contributed by atoms with Gasteiger partial charge in [0.05, 0.1) is 0 Å². The largest absolute Gasteiger partial charge is 0.485 e. The van der Waals surface area contributed by atoms with Gasteiger partial charge in [0.25, 0.3) is 0 Å². The van der Waals surface area contributed by atoms with Crippen LogP contribution in [0.4, 0.5) is 0 Å². The van der Waals surface area contributed by atoms with Gasteiger partial charge in [-0.1, -0.05) is 49.2 Å². The van der Waals surface area contributed by atoms with Crippen LogP contribution in [0, 0.1) is 0 Å². The van der Waals surface area contributed by atoms with Crippen LogP contribution < -0.4 is 14.8 Å². The Morgan fingerprint density at radius 2 is 2.03 bits per heavy atom. The lowest BCUT2D eigenvalue weighted by Crippen LogP contribution is -2.36. The maximum absolute atomic E-state index is 12.3. The van der Waals surface area contributed by atoms with Crippen molar-refractivity contribution in [1.29, 1.82) is 0 Å². The minimum absolute atomic E-state index is 0.116. The van der Waals surface area contributed by atoms with Crippen molar-refractivity contribution in [3.05, 3.63) is 42.7 Å². The van der Waals surface area contributed by atoms with E-state index >= 15 is 0 Å². The molecule has 1 aromatic carbocycles. The number of amides is 1. The first-order valence-corrected chi connectivity index (χ1v) is 11.6. The van der Waals surface area contributed by atoms with Crippen LogP contribution in [-0.4, -0.2) is 39.1 Å². The van der Waals surface area contributed by atoms with E-state index in [1.165, 1.54) is 31.0 Å². The van der Waals surface area contributed by atoms with Gasteiger partial charge >= 0.3 is 0 Å². The van der Waals surface area contributed by atoms with Gasteiger partial charge in [-0.2, -0.15) is 0 Å². The van der Waals surface area contributed by atoms with Gasteiger partial charge in [-0.15, -0.1) is 16.8 Å². The van der Waals surface area contributed by atoms with Crippen molar-refractivity contribution in [3.8, 4) is 11.5 Å². The SMILES string of the molecule is C=CCn1c(SCCC(=O)NC2CCCCC2)nnc1[C@@H]1COc2ccccc2O1. The summed E-state index contributed by atoms with van der Waals surface area (Å²) in [4.78, 5) is 12.3. The van der Waals surface area contributed by atoms with E-state index in [1.807, 2.05) is 34.9 Å². The third-order valence-corrected chi connectivity index (χ3v) is 6.35. The average Bonchev–Trinajstić information content (AvgIpc) is 3.17. The number of ether oxygens (including phenoxy) is 2. The minimum Gasteiger partial charge on any atom is -0.485 e. The monoisotopic (exact) mass is 428 g/mol. The number of carbonyl (C=O) groups excluding carboxylic acids is 1. The quantitative estimate of drug-likeness (QED) is 0.507. The van der Waals surface area contributed by atoms with Crippen LogP contribution >= 0.6 is 11.8 Å². The molecule has 1 N–H and O–H groups in total. The zero-order valence-corrected chi connectivity index (χ0v) is 17.9. The standard InChI is InChI=1S/C22H28N4O3S/c1-2-13-26-21(19-15-28-17-10-6-7-11-18(17)29-19)24-25-22(26)30-14-12-20(27)23-16-8-4-3-5-9-16/h2,6-7,10-11,16,19H,1,3-5,8-9,12-15H2,(H,23,27)/t19-/m0/s1. The van der Waals surface area contributed by atoms with Gasteiger partial charge in [-0.25, -0.2) is 0 Å². The van der Waals surface area contributed by atoms with Crippen LogP contribution in [0.1, 0.15) is 50.5 Å². The summed E-state index contributed by atoms with van der Waals surface area (Å²) >= 11 is 1.53. The molecule has 0 unspecified atom stereocenters. The van der Waals surface area contributed by atoms with E-state index < -0.39 is 0 Å². The second-order valence-electron chi connectivity index (χ2n) is 7.61. The van der Waals surface area contributed by atoms with E-state index in [0.29, 0.717) is 42.9 Å². The van der Waals surface area contributed by atoms with Crippen molar-refractivity contribution in [2.75, 3.05) is 12.4 Å². The molecule has 7 nitrogen and oxygen atoms in total. The lowest BCUT2D eigenvalue weighted by Gasteiger charge is -2.26. The molecule has 2 heterocycles. The second-order valence-corrected chi connectivity index (χ2v) is 8.67. The molecule has 1 fully saturated rings. The van der Waals surface area contributed by atoms with E-state index in [1.54, 1.807) is 0 Å². The maximum atomic E-state index is 12.3. The van der Waals surface area contributed by atoms with Crippen molar-refractivity contribution < 1.29 is 14.3 Å². The summed E-state index contributed by atoms with van der Waals surface area (Å²) in [6, 6.07) is 7.95. The number of benzene rings is 1. The van der Waals surface area contributed by atoms with E-state index in [0.717, 1.165) is 23.7 Å². The smallest absolute Gasteiger partial charge is 0.221 e. The summed E-state index contributed by atoms with van der Waals surface area (Å²) in [5.74, 6) is 2.92. The first-order chi connectivity index (χ1) is 14.7. The molecule has 2 aromatic rings. The molecule has 30 heavy (non-hydrogen) atoms. The average molecular weight is 429 g/mol. The summed E-state index contributed by atoms with van der Waals surface area (Å²) in [5, 5.41) is 12.6. The molecule has 4 rings (SSSR count). The van der Waals surface area contributed by atoms with Gasteiger partial charge in [0.1, 0.15) is 6.61 Å². The highest BCUT2D eigenvalue weighted by Crippen LogP contribution is 2.36. The summed E-state index contributed by atoms with van der Waals surface area (Å²) in [5.41, 5.74) is 0. The van der Waals surface area contributed by atoms with Crippen molar-refractivity contribution >= 4 is 17.7 Å². The Balaban J connectivity index is 1.35. The maximum Gasteiger partial charge on any atom is 0.221 e. The first kappa shape index (κ1) is 20.8. The highest BCUT2D eigenvalue weighted by atomic mass is 32.2. The van der Waals surface area contributed by atoms with Crippen molar-refractivity contribution in [2.45, 2.75) is 62.4 Å². The summed E-state index contributed by atoms with van der Waals surface area (Å²) in [6.45, 7) is 4.80. The number of carbonyl (C=O) groups is 1. The molecule has 1 atom stereocenters. The molecule has 1 aliphatic heterocycles. The van der Waals surface area contributed by atoms with Crippen molar-refractivity contribution in [3.63, 3.8) is 0 Å². The predicted octanol–water partition coefficient (Wildman–Crippen LogP) is 3.91. The van der Waals surface area contributed by atoms with Gasteiger partial charge in [0.15, 0.2) is 28.6 Å². The molecule has 0 saturated heterocycles. The van der Waals surface area contributed by atoms with Crippen LogP contribution in [-0.2, 0) is 11.3 Å². The summed E-state index contributed by atoms with van der Waals surface area (Å²) in [6.07, 6.45) is 7.85. The molecule has 1 aromatic heterocycles. The lowest BCUT2D eigenvalue weighted by molar-refractivity contribution is -0.121. The first-order valence-electron chi connectivity index (χ1n) is 10.6. The third-order valence-electron chi connectivity index (χ3n) is 5.38. The van der Waals surface area contributed by atoms with Gasteiger partial charge < -0.3 is 14.8 Å². The number of aromatic nitrogens is 3. The number of rotatable bonds is 8. The fraction of sp³-hybridized carbons (Fsp3) is 0.500. The molecular weight excluding hydrogens is 400 g/mol. The Morgan fingerprint density at radius 1 is 1.23 bits per heavy atom. The number of hydrogen-bond donors (Lipinski definition) is 1. The number of allylic oxidation sites excluding steroid dienone is 1. The predicted molar refractivity (Wildman–Crippen MR) is 116 cm³/mol. The minimum atomic E-state index is -0.337. The number of fused-ring (bicyclic) bond motifs is 1. The number of thioether (sulfide) groups is 1. The number of hydrogen-bond acceptors (Lipinski definition) is 6. The zero-order valence-electron chi connectivity index (χ0n) is 17.1. The van der Waals surface area contributed by atoms with Gasteiger partial charge in [0.2, 0.25) is 5.91 Å². The van der Waals surface area contributed by atoms with Gasteiger partial charge in [-0.05, 0) is 25.0 Å². The van der Waals surface area contributed by atoms with E-state index in [4.69, 9.17) is 9.47 Å². The number of nitrogens with zero attached hydrogens (tertiary/aromatic N) is 3. The summed E-state index contributed by atoms with van der Waals surface area (Å²) in [7, 11) is 0. The van der Waals surface area contributed by atoms with Crippen LogP contribution in [0.3, 0.4) is 0 Å². The second kappa shape index (κ2) is 10.0. The molecule has 8 heteroatoms. The Bertz CT molecular complexity index is 879. The third kappa shape index (κ3) is 4.98. The fourth-order valence-electron chi connectivity index (χ4n) is 3.87. The van der Waals surface area contributed by atoms with Crippen molar-refractivity contribution in [2.24, 2.45) is 0 Å². The lowest BCUT2D eigenvalue weighted by atomic mass is 9.95. The van der Waals surface area contributed by atoms with Crippen LogP contribution in [0.2, 0.25) is 0 Å². The molecular formula is C22H28N4O3S. The Morgan fingerprint density at radius 3 is 2.83 bits per heavy atom. The van der Waals surface area contributed by atoms with E-state index in [-0.39, 0.29) is 12.0 Å². The molecule has 0 radical (unpaired) electrons.